The van der Waals surface area contributed by atoms with Gasteiger partial charge in [0.2, 0.25) is 0 Å². The van der Waals surface area contributed by atoms with Crippen molar-refractivity contribution in [2.45, 2.75) is 19.2 Å². The molecule has 1 aliphatic heterocycles. The molecule has 0 spiro atoms. The average molecular weight is 341 g/mol. The fraction of sp³-hybridized carbons (Fsp3) is 0.222. The molecule has 24 heavy (non-hydrogen) atoms. The molecule has 0 saturated carbocycles. The van der Waals surface area contributed by atoms with Crippen molar-refractivity contribution < 1.29 is 9.53 Å². The van der Waals surface area contributed by atoms with E-state index in [9.17, 15) is 4.79 Å². The van der Waals surface area contributed by atoms with E-state index in [1.807, 2.05) is 54.8 Å². The molecule has 6 heteroatoms. The van der Waals surface area contributed by atoms with Crippen LogP contribution in [0, 0.1) is 0 Å². The van der Waals surface area contributed by atoms with Gasteiger partial charge in [-0.05, 0) is 23.4 Å². The summed E-state index contributed by atoms with van der Waals surface area (Å²) in [5.41, 5.74) is 8.39. The second-order valence-electron chi connectivity index (χ2n) is 5.35. The van der Waals surface area contributed by atoms with Gasteiger partial charge >= 0.3 is 0 Å². The van der Waals surface area contributed by atoms with E-state index >= 15 is 0 Å². The van der Waals surface area contributed by atoms with Crippen LogP contribution in [-0.4, -0.2) is 18.7 Å². The first-order valence-electron chi connectivity index (χ1n) is 7.67. The number of carbonyl (C=O) groups excluding carboxylic acids is 1. The molecule has 1 aromatic carbocycles. The highest BCUT2D eigenvalue weighted by Crippen LogP contribution is 2.36. The Bertz CT molecular complexity index is 797. The zero-order valence-corrected chi connectivity index (χ0v) is 14.4. The summed E-state index contributed by atoms with van der Waals surface area (Å²) >= 11 is 1.51. The number of aliphatic imine (C=N–C) groups is 1. The number of primary amides is 1. The van der Waals surface area contributed by atoms with Gasteiger partial charge in [-0.1, -0.05) is 43.3 Å². The van der Waals surface area contributed by atoms with Crippen LogP contribution in [0.1, 0.15) is 23.8 Å². The Kier molecular flexibility index (Phi) is 4.51. The first kappa shape index (κ1) is 16.4. The number of rotatable bonds is 5. The van der Waals surface area contributed by atoms with Crippen LogP contribution in [0.2, 0.25) is 0 Å². The van der Waals surface area contributed by atoms with Crippen LogP contribution in [0.3, 0.4) is 0 Å². The van der Waals surface area contributed by atoms with E-state index in [1.165, 1.54) is 11.3 Å². The van der Waals surface area contributed by atoms with Gasteiger partial charge in [-0.2, -0.15) is 0 Å². The summed E-state index contributed by atoms with van der Waals surface area (Å²) < 4.78 is 5.69. The maximum absolute atomic E-state index is 12.2. The number of thiophene rings is 1. The number of nitrogens with two attached hydrogens (primary N) is 1. The third-order valence-electron chi connectivity index (χ3n) is 3.93. The molecule has 1 unspecified atom stereocenters. The van der Waals surface area contributed by atoms with E-state index < -0.39 is 11.8 Å². The number of carbonyl (C=O) groups is 1. The Labute approximate surface area is 144 Å². The summed E-state index contributed by atoms with van der Waals surface area (Å²) in [5.74, 6) is -1.69. The van der Waals surface area contributed by atoms with Crippen molar-refractivity contribution in [2.75, 3.05) is 7.11 Å². The summed E-state index contributed by atoms with van der Waals surface area (Å²) in [6.45, 7) is 2.02. The lowest BCUT2D eigenvalue weighted by Gasteiger charge is -2.35. The number of hydrogen-bond acceptors (Lipinski definition) is 5. The molecular formula is C18H19N3O2S. The molecule has 1 aliphatic rings. The Hall–Kier alpha value is -2.44. The fourth-order valence-corrected chi connectivity index (χ4v) is 3.60. The van der Waals surface area contributed by atoms with Crippen LogP contribution < -0.4 is 11.1 Å². The lowest BCUT2D eigenvalue weighted by atomic mass is 9.95. The molecule has 0 radical (unpaired) electrons. The maximum atomic E-state index is 12.2. The van der Waals surface area contributed by atoms with Crippen molar-refractivity contribution in [2.24, 2.45) is 10.7 Å². The maximum Gasteiger partial charge on any atom is 0.274 e. The number of methoxy groups -OCH3 is 1. The van der Waals surface area contributed by atoms with E-state index in [2.05, 4.69) is 10.3 Å². The molecule has 124 valence electrons. The third-order valence-corrected chi connectivity index (χ3v) is 4.89. The molecule has 1 atom stereocenters. The monoisotopic (exact) mass is 341 g/mol. The summed E-state index contributed by atoms with van der Waals surface area (Å²) in [5, 5.41) is 5.32. The van der Waals surface area contributed by atoms with Crippen LogP contribution in [0.5, 0.6) is 0 Å². The third kappa shape index (κ3) is 2.74. The van der Waals surface area contributed by atoms with Gasteiger partial charge in [-0.25, -0.2) is 4.99 Å². The highest BCUT2D eigenvalue weighted by atomic mass is 32.1. The summed E-state index contributed by atoms with van der Waals surface area (Å²) in [6.07, 6.45) is 0.688. The van der Waals surface area contributed by atoms with E-state index in [0.29, 0.717) is 6.42 Å². The first-order chi connectivity index (χ1) is 11.6. The average Bonchev–Trinajstić information content (AvgIpc) is 3.16. The Morgan fingerprint density at radius 3 is 2.58 bits per heavy atom. The van der Waals surface area contributed by atoms with Crippen LogP contribution in [0.15, 0.2) is 58.5 Å². The predicted octanol–water partition coefficient (Wildman–Crippen LogP) is 2.86. The van der Waals surface area contributed by atoms with Crippen LogP contribution in [-0.2, 0) is 15.4 Å². The van der Waals surface area contributed by atoms with Gasteiger partial charge in [0.15, 0.2) is 0 Å². The number of ether oxygens (including phenoxy) is 1. The normalized spacial score (nSPS) is 20.5. The highest BCUT2D eigenvalue weighted by molar-refractivity contribution is 7.10. The van der Waals surface area contributed by atoms with E-state index in [-0.39, 0.29) is 5.71 Å². The minimum Gasteiger partial charge on any atom is -0.364 e. The number of hydrogen-bond donors (Lipinski definition) is 2. The Morgan fingerprint density at radius 2 is 2.04 bits per heavy atom. The molecular weight excluding hydrogens is 322 g/mol. The number of allylic oxidation sites excluding steroid dienone is 1. The summed E-state index contributed by atoms with van der Waals surface area (Å²) in [4.78, 5) is 17.6. The van der Waals surface area contributed by atoms with Gasteiger partial charge < -0.3 is 15.8 Å². The second kappa shape index (κ2) is 6.59. The van der Waals surface area contributed by atoms with Crippen LogP contribution >= 0.6 is 11.3 Å². The number of nitrogens with one attached hydrogen (secondary N) is 1. The van der Waals surface area contributed by atoms with Gasteiger partial charge in [0, 0.05) is 18.4 Å². The highest BCUT2D eigenvalue weighted by Gasteiger charge is 2.40. The molecule has 5 nitrogen and oxygen atoms in total. The van der Waals surface area contributed by atoms with E-state index in [1.54, 1.807) is 7.11 Å². The van der Waals surface area contributed by atoms with Crippen LogP contribution in [0.4, 0.5) is 0 Å². The van der Waals surface area contributed by atoms with Gasteiger partial charge in [0.25, 0.3) is 11.8 Å². The molecule has 0 saturated heterocycles. The molecule has 2 heterocycles. The minimum atomic E-state index is -1.12. The van der Waals surface area contributed by atoms with E-state index in [0.717, 1.165) is 21.7 Å². The number of benzene rings is 1. The van der Waals surface area contributed by atoms with E-state index in [4.69, 9.17) is 10.5 Å². The van der Waals surface area contributed by atoms with Gasteiger partial charge in [0.05, 0.1) is 4.88 Å². The molecule has 0 aliphatic carbocycles. The molecule has 3 N–H and O–H groups in total. The van der Waals surface area contributed by atoms with Crippen molar-refractivity contribution >= 4 is 28.5 Å². The van der Waals surface area contributed by atoms with Gasteiger partial charge in [-0.15, -0.1) is 11.3 Å². The molecule has 2 aromatic rings. The first-order valence-corrected chi connectivity index (χ1v) is 8.55. The van der Waals surface area contributed by atoms with Crippen LogP contribution in [0.25, 0.3) is 5.57 Å². The molecule has 1 aromatic heterocycles. The molecule has 0 fully saturated rings. The SMILES string of the molecule is CCC1=C(c2ccccc2)C(C(N)=O)=NC(OC)(c2cccs2)N1. The van der Waals surface area contributed by atoms with Crippen molar-refractivity contribution in [3.05, 3.63) is 64.0 Å². The molecule has 1 amide bonds. The lowest BCUT2D eigenvalue weighted by Crippen LogP contribution is -2.47. The Balaban J connectivity index is 2.21. The van der Waals surface area contributed by atoms with Crippen molar-refractivity contribution in [1.29, 1.82) is 0 Å². The summed E-state index contributed by atoms with van der Waals surface area (Å²) in [6, 6.07) is 13.5. The number of nitrogens with zero attached hydrogens (tertiary/aromatic N) is 1. The largest absolute Gasteiger partial charge is 0.364 e. The predicted molar refractivity (Wildman–Crippen MR) is 96.4 cm³/mol. The molecule has 3 rings (SSSR count). The standard InChI is InChI=1S/C18H19N3O2S/c1-3-13-15(12-8-5-4-6-9-12)16(17(19)22)21-18(20-13,23-2)14-10-7-11-24-14/h4-11,20H,3H2,1-2H3,(H2,19,22). The minimum absolute atomic E-state index is 0.229. The summed E-state index contributed by atoms with van der Waals surface area (Å²) in [7, 11) is 1.57. The quantitative estimate of drug-likeness (QED) is 0.878. The van der Waals surface area contributed by atoms with Gasteiger partial charge in [-0.3, -0.25) is 4.79 Å². The van der Waals surface area contributed by atoms with Gasteiger partial charge in [0.1, 0.15) is 5.71 Å². The zero-order valence-electron chi connectivity index (χ0n) is 13.6. The molecule has 0 bridgehead atoms. The fourth-order valence-electron chi connectivity index (χ4n) is 2.80. The Morgan fingerprint density at radius 1 is 1.29 bits per heavy atom. The van der Waals surface area contributed by atoms with Crippen molar-refractivity contribution in [3.63, 3.8) is 0 Å². The lowest BCUT2D eigenvalue weighted by molar-refractivity contribution is -0.112. The smallest absolute Gasteiger partial charge is 0.274 e. The zero-order chi connectivity index (χ0) is 17.2. The van der Waals surface area contributed by atoms with Crippen molar-refractivity contribution in [1.82, 2.24) is 5.32 Å². The number of amides is 1. The topological polar surface area (TPSA) is 76.7 Å². The van der Waals surface area contributed by atoms with Crippen molar-refractivity contribution in [3.8, 4) is 0 Å². The second-order valence-corrected chi connectivity index (χ2v) is 6.30.